The number of nitrogens with zero attached hydrogens (tertiary/aromatic N) is 1. The van der Waals surface area contributed by atoms with Crippen LogP contribution in [0.15, 0.2) is 77.9 Å². The third kappa shape index (κ3) is 8.25. The molecule has 0 heterocycles. The fraction of sp³-hybridized carbons (Fsp3) is 0.185. The van der Waals surface area contributed by atoms with Gasteiger partial charge in [0.25, 0.3) is 11.8 Å². The highest BCUT2D eigenvalue weighted by atomic mass is 35.5. The van der Waals surface area contributed by atoms with E-state index in [0.717, 1.165) is 12.8 Å². The summed E-state index contributed by atoms with van der Waals surface area (Å²) in [5.41, 5.74) is 3.69. The number of hydrazone groups is 1. The van der Waals surface area contributed by atoms with Crippen molar-refractivity contribution in [2.24, 2.45) is 5.10 Å². The lowest BCUT2D eigenvalue weighted by atomic mass is 10.2. The molecule has 3 aromatic rings. The van der Waals surface area contributed by atoms with Gasteiger partial charge in [0.2, 0.25) is 0 Å². The SMILES string of the molecule is CCCCOc1ccc(C(=O)Oc2ccc(/C=N/NC(=O)CNC(=O)c3ccccc3Cl)cc2)cc1. The summed E-state index contributed by atoms with van der Waals surface area (Å²) in [6.07, 6.45) is 3.45. The number of carbonyl (C=O) groups is 3. The molecular formula is C27H26ClN3O5. The maximum Gasteiger partial charge on any atom is 0.343 e. The number of ether oxygens (including phenoxy) is 2. The largest absolute Gasteiger partial charge is 0.494 e. The predicted molar refractivity (Wildman–Crippen MR) is 138 cm³/mol. The summed E-state index contributed by atoms with van der Waals surface area (Å²) in [5.74, 6) is -0.367. The Morgan fingerprint density at radius 3 is 2.33 bits per heavy atom. The zero-order chi connectivity index (χ0) is 25.8. The van der Waals surface area contributed by atoms with Gasteiger partial charge < -0.3 is 14.8 Å². The second-order valence-corrected chi connectivity index (χ2v) is 8.05. The average molecular weight is 508 g/mol. The molecule has 3 rings (SSSR count). The van der Waals surface area contributed by atoms with Gasteiger partial charge in [0, 0.05) is 0 Å². The van der Waals surface area contributed by atoms with Crippen LogP contribution in [0.1, 0.15) is 46.0 Å². The highest BCUT2D eigenvalue weighted by Gasteiger charge is 2.11. The van der Waals surface area contributed by atoms with Crippen molar-refractivity contribution < 1.29 is 23.9 Å². The molecule has 8 nitrogen and oxygen atoms in total. The van der Waals surface area contributed by atoms with Gasteiger partial charge in [0.1, 0.15) is 11.5 Å². The highest BCUT2D eigenvalue weighted by molar-refractivity contribution is 6.33. The molecule has 0 aromatic heterocycles. The first-order chi connectivity index (χ1) is 17.5. The van der Waals surface area contributed by atoms with Crippen LogP contribution in [0.3, 0.4) is 0 Å². The zero-order valence-electron chi connectivity index (χ0n) is 19.7. The molecule has 186 valence electrons. The quantitative estimate of drug-likeness (QED) is 0.129. The highest BCUT2D eigenvalue weighted by Crippen LogP contribution is 2.17. The third-order valence-corrected chi connectivity index (χ3v) is 5.21. The summed E-state index contributed by atoms with van der Waals surface area (Å²) in [6, 6.07) is 19.9. The summed E-state index contributed by atoms with van der Waals surface area (Å²) >= 11 is 5.96. The van der Waals surface area contributed by atoms with Gasteiger partial charge in [0.05, 0.1) is 35.5 Å². The molecule has 2 N–H and O–H groups in total. The minimum Gasteiger partial charge on any atom is -0.494 e. The van der Waals surface area contributed by atoms with Crippen LogP contribution in [0.2, 0.25) is 5.02 Å². The average Bonchev–Trinajstić information content (AvgIpc) is 2.89. The number of hydrogen-bond acceptors (Lipinski definition) is 6. The van der Waals surface area contributed by atoms with Gasteiger partial charge in [-0.25, -0.2) is 10.2 Å². The van der Waals surface area contributed by atoms with E-state index in [1.807, 2.05) is 0 Å². The second kappa shape index (κ2) is 13.7. The van der Waals surface area contributed by atoms with E-state index in [2.05, 4.69) is 22.8 Å². The Hall–Kier alpha value is -4.17. The Kier molecular flexibility index (Phi) is 10.0. The van der Waals surface area contributed by atoms with Gasteiger partial charge in [-0.2, -0.15) is 5.10 Å². The van der Waals surface area contributed by atoms with Gasteiger partial charge in [-0.05, 0) is 72.6 Å². The normalized spacial score (nSPS) is 10.6. The van der Waals surface area contributed by atoms with Gasteiger partial charge in [-0.3, -0.25) is 9.59 Å². The van der Waals surface area contributed by atoms with Crippen molar-refractivity contribution in [3.8, 4) is 11.5 Å². The van der Waals surface area contributed by atoms with E-state index in [0.29, 0.717) is 34.3 Å². The Balaban J connectivity index is 1.43. The molecular weight excluding hydrogens is 482 g/mol. The standard InChI is InChI=1S/C27H26ClN3O5/c1-2-3-16-35-21-14-10-20(11-15-21)27(34)36-22-12-8-19(9-13-22)17-30-31-25(32)18-29-26(33)23-6-4-5-7-24(23)28/h4-15,17H,2-3,16,18H2,1H3,(H,29,33)(H,31,32)/b30-17+. The summed E-state index contributed by atoms with van der Waals surface area (Å²) in [4.78, 5) is 36.3. The number of halogens is 1. The van der Waals surface area contributed by atoms with Crippen LogP contribution in [-0.4, -0.2) is 37.1 Å². The van der Waals surface area contributed by atoms with Crippen LogP contribution in [0.25, 0.3) is 0 Å². The summed E-state index contributed by atoms with van der Waals surface area (Å²) in [7, 11) is 0. The summed E-state index contributed by atoms with van der Waals surface area (Å²) < 4.78 is 11.0. The number of amides is 2. The maximum atomic E-state index is 12.4. The number of rotatable bonds is 11. The molecule has 0 fully saturated rings. The van der Waals surface area contributed by atoms with E-state index in [1.54, 1.807) is 72.8 Å². The van der Waals surface area contributed by atoms with Crippen molar-refractivity contribution in [1.29, 1.82) is 0 Å². The molecule has 0 saturated carbocycles. The van der Waals surface area contributed by atoms with E-state index >= 15 is 0 Å². The molecule has 3 aromatic carbocycles. The molecule has 0 unspecified atom stereocenters. The first-order valence-electron chi connectivity index (χ1n) is 11.4. The smallest absolute Gasteiger partial charge is 0.343 e. The fourth-order valence-corrected chi connectivity index (χ4v) is 3.15. The first-order valence-corrected chi connectivity index (χ1v) is 11.7. The van der Waals surface area contributed by atoms with Crippen molar-refractivity contribution in [1.82, 2.24) is 10.7 Å². The van der Waals surface area contributed by atoms with Crippen molar-refractivity contribution in [2.75, 3.05) is 13.2 Å². The van der Waals surface area contributed by atoms with E-state index in [1.165, 1.54) is 6.21 Å². The Labute approximate surface area is 214 Å². The minimum absolute atomic E-state index is 0.262. The van der Waals surface area contributed by atoms with E-state index in [-0.39, 0.29) is 12.1 Å². The number of unbranched alkanes of at least 4 members (excludes halogenated alkanes) is 1. The minimum atomic E-state index is -0.501. The molecule has 0 bridgehead atoms. The summed E-state index contributed by atoms with van der Waals surface area (Å²) in [5, 5.41) is 6.64. The van der Waals surface area contributed by atoms with E-state index in [4.69, 9.17) is 21.1 Å². The zero-order valence-corrected chi connectivity index (χ0v) is 20.5. The lowest BCUT2D eigenvalue weighted by Crippen LogP contribution is -2.35. The van der Waals surface area contributed by atoms with Gasteiger partial charge >= 0.3 is 5.97 Å². The van der Waals surface area contributed by atoms with Gasteiger partial charge in [0.15, 0.2) is 0 Å². The van der Waals surface area contributed by atoms with Crippen LogP contribution in [-0.2, 0) is 4.79 Å². The molecule has 36 heavy (non-hydrogen) atoms. The molecule has 2 amide bonds. The number of esters is 1. The van der Waals surface area contributed by atoms with Crippen molar-refractivity contribution in [2.45, 2.75) is 19.8 Å². The molecule has 0 aliphatic rings. The molecule has 0 radical (unpaired) electrons. The number of hydrogen-bond donors (Lipinski definition) is 2. The van der Waals surface area contributed by atoms with Crippen LogP contribution in [0, 0.1) is 0 Å². The predicted octanol–water partition coefficient (Wildman–Crippen LogP) is 4.62. The number of carbonyl (C=O) groups excluding carboxylic acids is 3. The van der Waals surface area contributed by atoms with Gasteiger partial charge in [-0.1, -0.05) is 37.1 Å². The molecule has 0 spiro atoms. The molecule has 0 aliphatic heterocycles. The Morgan fingerprint density at radius 2 is 1.64 bits per heavy atom. The van der Waals surface area contributed by atoms with E-state index < -0.39 is 17.8 Å². The van der Waals surface area contributed by atoms with E-state index in [9.17, 15) is 14.4 Å². The third-order valence-electron chi connectivity index (χ3n) is 4.88. The fourth-order valence-electron chi connectivity index (χ4n) is 2.93. The topological polar surface area (TPSA) is 106 Å². The summed E-state index contributed by atoms with van der Waals surface area (Å²) in [6.45, 7) is 2.47. The van der Waals surface area contributed by atoms with Gasteiger partial charge in [-0.15, -0.1) is 0 Å². The van der Waals surface area contributed by atoms with Crippen molar-refractivity contribution in [3.05, 3.63) is 94.5 Å². The first kappa shape index (κ1) is 26.4. The lowest BCUT2D eigenvalue weighted by molar-refractivity contribution is -0.120. The molecule has 0 saturated heterocycles. The number of nitrogens with one attached hydrogen (secondary N) is 2. The second-order valence-electron chi connectivity index (χ2n) is 7.64. The van der Waals surface area contributed by atoms with Crippen LogP contribution >= 0.6 is 11.6 Å². The number of benzene rings is 3. The monoisotopic (exact) mass is 507 g/mol. The van der Waals surface area contributed by atoms with Crippen LogP contribution < -0.4 is 20.2 Å². The Bertz CT molecular complexity index is 1210. The molecule has 0 aliphatic carbocycles. The molecule has 0 atom stereocenters. The maximum absolute atomic E-state index is 12.4. The molecule has 9 heteroatoms. The van der Waals surface area contributed by atoms with Crippen molar-refractivity contribution in [3.63, 3.8) is 0 Å². The Morgan fingerprint density at radius 1 is 0.944 bits per heavy atom. The van der Waals surface area contributed by atoms with Crippen molar-refractivity contribution >= 4 is 35.6 Å². The lowest BCUT2D eigenvalue weighted by Gasteiger charge is -2.07. The van der Waals surface area contributed by atoms with Crippen LogP contribution in [0.5, 0.6) is 11.5 Å². The van der Waals surface area contributed by atoms with Crippen LogP contribution in [0.4, 0.5) is 0 Å².